The molecule has 4 aromatic rings. The van der Waals surface area contributed by atoms with Crippen LogP contribution in [-0.2, 0) is 44.1 Å². The van der Waals surface area contributed by atoms with Crippen molar-refractivity contribution in [3.8, 4) is 22.8 Å². The highest BCUT2D eigenvalue weighted by atomic mass is 16.5. The molecule has 4 rings (SSSR count). The minimum Gasteiger partial charge on any atom is -0.457 e. The lowest BCUT2D eigenvalue weighted by Gasteiger charge is -2.19. The molecule has 0 atom stereocenters. The molecule has 0 fully saturated rings. The normalized spacial score (nSPS) is 11.5. The number of carbonyl (C=O) groups is 2. The maximum atomic E-state index is 11.1. The predicted octanol–water partition coefficient (Wildman–Crippen LogP) is 8.38. The Hall–Kier alpha value is -4.07. The van der Waals surface area contributed by atoms with E-state index in [2.05, 4.69) is 38.0 Å². The molecule has 0 radical (unpaired) electrons. The summed E-state index contributed by atoms with van der Waals surface area (Å²) >= 11 is 0. The fourth-order valence-corrected chi connectivity index (χ4v) is 4.29. The number of benzene rings is 3. The average molecular weight is 613 g/mol. The van der Waals surface area contributed by atoms with Crippen LogP contribution < -0.4 is 4.74 Å². The Balaban J connectivity index is 0.000000246. The lowest BCUT2D eigenvalue weighted by Crippen LogP contribution is -2.22. The van der Waals surface area contributed by atoms with Gasteiger partial charge >= 0.3 is 0 Å². The Bertz CT molecular complexity index is 1490. The molecule has 3 aromatic carbocycles. The fourth-order valence-electron chi connectivity index (χ4n) is 4.29. The third-order valence-electron chi connectivity index (χ3n) is 6.65. The molecule has 7 heteroatoms. The minimum atomic E-state index is -0.122. The van der Waals surface area contributed by atoms with E-state index in [1.165, 1.54) is 12.5 Å². The van der Waals surface area contributed by atoms with E-state index in [4.69, 9.17) is 14.2 Å². The Morgan fingerprint density at radius 2 is 1.31 bits per heavy atom. The maximum Gasteiger partial charge on any atom is 0.155 e. The summed E-state index contributed by atoms with van der Waals surface area (Å²) in [6.07, 6.45) is 2.45. The second-order valence-electron chi connectivity index (χ2n) is 13.2. The summed E-state index contributed by atoms with van der Waals surface area (Å²) in [7, 11) is 0. The third kappa shape index (κ3) is 13.2. The van der Waals surface area contributed by atoms with Crippen molar-refractivity contribution < 1.29 is 23.8 Å². The zero-order chi connectivity index (χ0) is 33.0. The smallest absolute Gasteiger partial charge is 0.155 e. The van der Waals surface area contributed by atoms with Crippen LogP contribution in [0.2, 0.25) is 0 Å². The molecular weight excluding hydrogens is 564 g/mol. The monoisotopic (exact) mass is 612 g/mol. The van der Waals surface area contributed by atoms with Gasteiger partial charge in [-0.3, -0.25) is 14.3 Å². The first-order valence-corrected chi connectivity index (χ1v) is 15.4. The molecule has 0 aliphatic heterocycles. The molecule has 7 nitrogen and oxygen atoms in total. The molecule has 0 saturated heterocycles. The molecule has 0 N–H and O–H groups in total. The van der Waals surface area contributed by atoms with Crippen LogP contribution >= 0.6 is 0 Å². The van der Waals surface area contributed by atoms with Gasteiger partial charge in [-0.05, 0) is 87.1 Å². The average Bonchev–Trinajstić information content (AvgIpc) is 3.42. The van der Waals surface area contributed by atoms with Crippen LogP contribution in [-0.4, -0.2) is 40.2 Å². The molecular formula is C38H48N2O5. The van der Waals surface area contributed by atoms with Crippen molar-refractivity contribution in [3.63, 3.8) is 0 Å². The standard InChI is InChI=1S/C20H24O3.C18H24N2O2/c1-15(21)13-22-14-16-5-9-18(10-6-16)23-19-11-7-17(8-12-19)20(2,3)4;1-14(21)13-15-5-7-16(8-6-15)17-9-10-20(19-17)11-12-22-18(2,3)4/h5-12H,13-14H2,1-4H3;5-10H,11-13H2,1-4H3. The van der Waals surface area contributed by atoms with Crippen molar-refractivity contribution in [1.29, 1.82) is 0 Å². The van der Waals surface area contributed by atoms with E-state index in [1.54, 1.807) is 6.92 Å². The zero-order valence-electron chi connectivity index (χ0n) is 28.1. The third-order valence-corrected chi connectivity index (χ3v) is 6.65. The number of rotatable bonds is 12. The Kier molecular flexibility index (Phi) is 12.8. The van der Waals surface area contributed by atoms with Gasteiger partial charge in [0, 0.05) is 18.2 Å². The van der Waals surface area contributed by atoms with Crippen molar-refractivity contribution in [2.75, 3.05) is 13.2 Å². The first-order chi connectivity index (χ1) is 21.2. The van der Waals surface area contributed by atoms with E-state index in [-0.39, 0.29) is 29.2 Å². The SMILES string of the molecule is CC(=O)COCc1ccc(Oc2ccc(C(C)(C)C)cc2)cc1.CC(=O)Cc1ccc(-c2ccn(CCOC(C)(C)C)n2)cc1. The molecule has 0 aliphatic carbocycles. The van der Waals surface area contributed by atoms with Gasteiger partial charge in [-0.1, -0.05) is 69.3 Å². The summed E-state index contributed by atoms with van der Waals surface area (Å²) in [5, 5.41) is 4.56. The molecule has 0 bridgehead atoms. The molecule has 0 amide bonds. The van der Waals surface area contributed by atoms with Crippen molar-refractivity contribution in [2.45, 2.75) is 86.0 Å². The minimum absolute atomic E-state index is 0.0312. The van der Waals surface area contributed by atoms with E-state index in [0.29, 0.717) is 19.6 Å². The fraction of sp³-hybridized carbons (Fsp3) is 0.395. The van der Waals surface area contributed by atoms with Crippen LogP contribution in [0.1, 0.15) is 72.1 Å². The number of nitrogens with zero attached hydrogens (tertiary/aromatic N) is 2. The number of aromatic nitrogens is 2. The summed E-state index contributed by atoms with van der Waals surface area (Å²) in [5.41, 5.74) is 5.34. The molecule has 0 spiro atoms. The topological polar surface area (TPSA) is 79.7 Å². The second-order valence-corrected chi connectivity index (χ2v) is 13.2. The molecule has 1 heterocycles. The Morgan fingerprint density at radius 3 is 1.84 bits per heavy atom. The molecule has 0 saturated carbocycles. The van der Waals surface area contributed by atoms with Crippen LogP contribution in [0, 0.1) is 0 Å². The van der Waals surface area contributed by atoms with E-state index in [1.807, 2.05) is 98.4 Å². The number of ketones is 2. The highest BCUT2D eigenvalue weighted by molar-refractivity contribution is 5.78. The first kappa shape index (κ1) is 35.4. The Morgan fingerprint density at radius 1 is 0.733 bits per heavy atom. The van der Waals surface area contributed by atoms with Crippen LogP contribution in [0.3, 0.4) is 0 Å². The van der Waals surface area contributed by atoms with Gasteiger partial charge in [-0.2, -0.15) is 5.10 Å². The van der Waals surface area contributed by atoms with Crippen molar-refractivity contribution in [3.05, 3.63) is 102 Å². The van der Waals surface area contributed by atoms with Crippen LogP contribution in [0.5, 0.6) is 11.5 Å². The highest BCUT2D eigenvalue weighted by Gasteiger charge is 2.13. The van der Waals surface area contributed by atoms with Gasteiger partial charge in [-0.15, -0.1) is 0 Å². The van der Waals surface area contributed by atoms with Crippen LogP contribution in [0.15, 0.2) is 85.1 Å². The van der Waals surface area contributed by atoms with E-state index < -0.39 is 0 Å². The lowest BCUT2D eigenvalue weighted by atomic mass is 9.87. The van der Waals surface area contributed by atoms with Gasteiger partial charge in [0.2, 0.25) is 0 Å². The maximum absolute atomic E-state index is 11.1. The van der Waals surface area contributed by atoms with E-state index in [0.717, 1.165) is 40.4 Å². The number of hydrogen-bond acceptors (Lipinski definition) is 6. The van der Waals surface area contributed by atoms with Crippen molar-refractivity contribution >= 4 is 11.6 Å². The number of hydrogen-bond donors (Lipinski definition) is 0. The van der Waals surface area contributed by atoms with Crippen LogP contribution in [0.4, 0.5) is 0 Å². The largest absolute Gasteiger partial charge is 0.457 e. The number of Topliss-reactive ketones (excluding diaryl/α,β-unsaturated/α-hetero) is 2. The summed E-state index contributed by atoms with van der Waals surface area (Å²) in [6, 6.07) is 25.9. The molecule has 0 unspecified atom stereocenters. The van der Waals surface area contributed by atoms with Gasteiger partial charge < -0.3 is 14.2 Å². The number of carbonyl (C=O) groups excluding carboxylic acids is 2. The predicted molar refractivity (Wildman–Crippen MR) is 180 cm³/mol. The van der Waals surface area contributed by atoms with Gasteiger partial charge in [-0.25, -0.2) is 0 Å². The van der Waals surface area contributed by atoms with E-state index >= 15 is 0 Å². The highest BCUT2D eigenvalue weighted by Crippen LogP contribution is 2.27. The number of ether oxygens (including phenoxy) is 3. The quantitative estimate of drug-likeness (QED) is 0.160. The van der Waals surface area contributed by atoms with Crippen LogP contribution in [0.25, 0.3) is 11.3 Å². The molecule has 1 aromatic heterocycles. The summed E-state index contributed by atoms with van der Waals surface area (Å²) in [5.74, 6) is 1.81. The lowest BCUT2D eigenvalue weighted by molar-refractivity contribution is -0.121. The zero-order valence-corrected chi connectivity index (χ0v) is 28.1. The van der Waals surface area contributed by atoms with Gasteiger partial charge in [0.15, 0.2) is 5.78 Å². The summed E-state index contributed by atoms with van der Waals surface area (Å²) in [6.45, 7) is 17.8. The second kappa shape index (κ2) is 16.3. The van der Waals surface area contributed by atoms with Gasteiger partial charge in [0.25, 0.3) is 0 Å². The van der Waals surface area contributed by atoms with Crippen molar-refractivity contribution in [1.82, 2.24) is 9.78 Å². The molecule has 45 heavy (non-hydrogen) atoms. The van der Waals surface area contributed by atoms with Crippen molar-refractivity contribution in [2.24, 2.45) is 0 Å². The van der Waals surface area contributed by atoms with E-state index in [9.17, 15) is 9.59 Å². The van der Waals surface area contributed by atoms with Gasteiger partial charge in [0.05, 0.1) is 31.1 Å². The summed E-state index contributed by atoms with van der Waals surface area (Å²) in [4.78, 5) is 21.9. The Labute approximate surface area is 268 Å². The summed E-state index contributed by atoms with van der Waals surface area (Å²) < 4.78 is 18.7. The molecule has 240 valence electrons. The van der Waals surface area contributed by atoms with Gasteiger partial charge in [0.1, 0.15) is 23.9 Å². The molecule has 0 aliphatic rings. The first-order valence-electron chi connectivity index (χ1n) is 15.4.